The molecule has 1 rings (SSSR count). The lowest BCUT2D eigenvalue weighted by Gasteiger charge is -2.00. The zero-order chi connectivity index (χ0) is 8.97. The molecule has 0 radical (unpaired) electrons. The van der Waals surface area contributed by atoms with Crippen LogP contribution < -0.4 is 5.73 Å². The highest BCUT2D eigenvalue weighted by Gasteiger charge is 2.07. The van der Waals surface area contributed by atoms with Crippen LogP contribution in [0.1, 0.15) is 0 Å². The number of nitrogens with zero attached hydrogens (tertiary/aromatic N) is 4. The van der Waals surface area contributed by atoms with Gasteiger partial charge in [0.05, 0.1) is 0 Å². The van der Waals surface area contributed by atoms with Gasteiger partial charge in [0.15, 0.2) is 0 Å². The predicted octanol–water partition coefficient (Wildman–Crippen LogP) is -0.735. The van der Waals surface area contributed by atoms with Crippen LogP contribution in [0.15, 0.2) is 29.0 Å². The Labute approximate surface area is 67.4 Å². The first-order valence-corrected chi connectivity index (χ1v) is 2.98. The van der Waals surface area contributed by atoms with Gasteiger partial charge in [0.1, 0.15) is 6.33 Å². The van der Waals surface area contributed by atoms with Gasteiger partial charge in [0.25, 0.3) is 0 Å². The lowest BCUT2D eigenvalue weighted by Crippen LogP contribution is -2.29. The summed E-state index contributed by atoms with van der Waals surface area (Å²) >= 11 is 0. The highest BCUT2D eigenvalue weighted by molar-refractivity contribution is 6.40. The largest absolute Gasteiger partial charge is 0.409 e. The van der Waals surface area contributed by atoms with Crippen molar-refractivity contribution < 1.29 is 10.4 Å². The van der Waals surface area contributed by atoms with Gasteiger partial charge in [0, 0.05) is 12.4 Å². The number of aromatic nitrogens is 2. The highest BCUT2D eigenvalue weighted by Crippen LogP contribution is 1.87. The fourth-order valence-electron chi connectivity index (χ4n) is 0.664. The number of nitrogens with two attached hydrogens (primary N) is 1. The number of oxime groups is 2. The Balaban J connectivity index is 3.01. The zero-order valence-corrected chi connectivity index (χ0v) is 5.99. The summed E-state index contributed by atoms with van der Waals surface area (Å²) in [6, 6.07) is 0. The fraction of sp³-hybridized carbons (Fsp3) is 0. The first kappa shape index (κ1) is 8.05. The second-order valence-corrected chi connectivity index (χ2v) is 1.88. The molecule has 0 amide bonds. The minimum atomic E-state index is -0.296. The third-order valence-corrected chi connectivity index (χ3v) is 1.18. The first-order chi connectivity index (χ1) is 5.79. The van der Waals surface area contributed by atoms with Gasteiger partial charge in [-0.3, -0.25) is 4.57 Å². The average molecular weight is 169 g/mol. The molecule has 64 valence electrons. The molecule has 0 aliphatic carbocycles. The van der Waals surface area contributed by atoms with Crippen LogP contribution in [0, 0.1) is 0 Å². The van der Waals surface area contributed by atoms with E-state index in [2.05, 4.69) is 15.3 Å². The number of amidine groups is 1. The van der Waals surface area contributed by atoms with Gasteiger partial charge < -0.3 is 16.1 Å². The van der Waals surface area contributed by atoms with Gasteiger partial charge in [-0.15, -0.1) is 0 Å². The van der Waals surface area contributed by atoms with Gasteiger partial charge in [-0.2, -0.15) is 0 Å². The van der Waals surface area contributed by atoms with Gasteiger partial charge in [-0.1, -0.05) is 10.3 Å². The smallest absolute Gasteiger partial charge is 0.223 e. The quantitative estimate of drug-likeness (QED) is 0.206. The zero-order valence-electron chi connectivity index (χ0n) is 5.99. The molecule has 0 aromatic carbocycles. The third-order valence-electron chi connectivity index (χ3n) is 1.18. The van der Waals surface area contributed by atoms with Crippen LogP contribution in [0.3, 0.4) is 0 Å². The van der Waals surface area contributed by atoms with Crippen molar-refractivity contribution in [2.24, 2.45) is 16.0 Å². The van der Waals surface area contributed by atoms with Crippen molar-refractivity contribution in [2.45, 2.75) is 0 Å². The molecular weight excluding hydrogens is 162 g/mol. The fourth-order valence-corrected chi connectivity index (χ4v) is 0.664. The van der Waals surface area contributed by atoms with Crippen molar-refractivity contribution in [3.63, 3.8) is 0 Å². The maximum atomic E-state index is 8.47. The molecule has 0 atom stereocenters. The van der Waals surface area contributed by atoms with Crippen molar-refractivity contribution in [2.75, 3.05) is 0 Å². The minimum absolute atomic E-state index is 0.0880. The summed E-state index contributed by atoms with van der Waals surface area (Å²) in [5.74, 6) is -0.384. The van der Waals surface area contributed by atoms with E-state index >= 15 is 0 Å². The Morgan fingerprint density at radius 1 is 1.42 bits per heavy atom. The van der Waals surface area contributed by atoms with Crippen molar-refractivity contribution in [3.8, 4) is 0 Å². The van der Waals surface area contributed by atoms with Crippen molar-refractivity contribution in [1.29, 1.82) is 0 Å². The van der Waals surface area contributed by atoms with Crippen molar-refractivity contribution >= 4 is 11.7 Å². The molecule has 1 aromatic rings. The van der Waals surface area contributed by atoms with E-state index in [1.165, 1.54) is 23.3 Å². The van der Waals surface area contributed by atoms with E-state index < -0.39 is 0 Å². The van der Waals surface area contributed by atoms with Crippen LogP contribution in [0.2, 0.25) is 0 Å². The Morgan fingerprint density at radius 2 is 2.17 bits per heavy atom. The lowest BCUT2D eigenvalue weighted by molar-refractivity contribution is 0.312. The predicted molar refractivity (Wildman–Crippen MR) is 40.3 cm³/mol. The van der Waals surface area contributed by atoms with Crippen LogP contribution >= 0.6 is 0 Å². The van der Waals surface area contributed by atoms with E-state index in [9.17, 15) is 0 Å². The number of hydrogen-bond acceptors (Lipinski definition) is 5. The lowest BCUT2D eigenvalue weighted by atomic mass is 10.5. The van der Waals surface area contributed by atoms with E-state index in [0.29, 0.717) is 0 Å². The molecule has 0 unspecified atom stereocenters. The summed E-state index contributed by atoms with van der Waals surface area (Å²) in [5, 5.41) is 22.2. The molecule has 0 aliphatic rings. The molecule has 0 fully saturated rings. The Morgan fingerprint density at radius 3 is 2.58 bits per heavy atom. The van der Waals surface area contributed by atoms with Gasteiger partial charge in [-0.25, -0.2) is 4.98 Å². The van der Waals surface area contributed by atoms with E-state index in [1.54, 1.807) is 0 Å². The number of imidazole rings is 1. The summed E-state index contributed by atoms with van der Waals surface area (Å²) in [6.07, 6.45) is 4.32. The molecule has 12 heavy (non-hydrogen) atoms. The molecule has 7 nitrogen and oxygen atoms in total. The SMILES string of the molecule is NC(=N\O)/C(=N\O)n1ccnc1. The Hall–Kier alpha value is -2.05. The molecule has 0 saturated heterocycles. The summed E-state index contributed by atoms with van der Waals surface area (Å²) < 4.78 is 1.30. The number of hydrogen-bond donors (Lipinski definition) is 3. The van der Waals surface area contributed by atoms with E-state index in [-0.39, 0.29) is 11.7 Å². The van der Waals surface area contributed by atoms with Crippen LogP contribution in [0.5, 0.6) is 0 Å². The summed E-state index contributed by atoms with van der Waals surface area (Å²) in [4.78, 5) is 3.69. The van der Waals surface area contributed by atoms with Gasteiger partial charge in [-0.05, 0) is 0 Å². The Bertz CT molecular complexity index is 302. The monoisotopic (exact) mass is 169 g/mol. The molecule has 0 bridgehead atoms. The van der Waals surface area contributed by atoms with E-state index in [1.807, 2.05) is 0 Å². The molecule has 0 aliphatic heterocycles. The van der Waals surface area contributed by atoms with Crippen molar-refractivity contribution in [3.05, 3.63) is 18.7 Å². The topological polar surface area (TPSA) is 109 Å². The molecule has 0 spiro atoms. The minimum Gasteiger partial charge on any atom is -0.409 e. The van der Waals surface area contributed by atoms with Crippen LogP contribution in [-0.2, 0) is 0 Å². The summed E-state index contributed by atoms with van der Waals surface area (Å²) in [5.41, 5.74) is 5.18. The second-order valence-electron chi connectivity index (χ2n) is 1.88. The average Bonchev–Trinajstić information content (AvgIpc) is 2.58. The van der Waals surface area contributed by atoms with Gasteiger partial charge in [0.2, 0.25) is 11.7 Å². The molecule has 0 saturated carbocycles. The van der Waals surface area contributed by atoms with E-state index in [0.717, 1.165) is 0 Å². The van der Waals surface area contributed by atoms with Gasteiger partial charge >= 0.3 is 0 Å². The van der Waals surface area contributed by atoms with Crippen LogP contribution in [0.25, 0.3) is 0 Å². The molecule has 4 N–H and O–H groups in total. The molecule has 1 aromatic heterocycles. The molecule has 1 heterocycles. The maximum Gasteiger partial charge on any atom is 0.223 e. The highest BCUT2D eigenvalue weighted by atomic mass is 16.4. The van der Waals surface area contributed by atoms with Crippen LogP contribution in [0.4, 0.5) is 0 Å². The standard InChI is InChI=1S/C5H7N5O2/c6-4(8-11)5(9-12)10-2-1-7-3-10/h1-3,11-12H,(H2,6,8)/b9-5+. The maximum absolute atomic E-state index is 8.47. The second kappa shape index (κ2) is 3.37. The van der Waals surface area contributed by atoms with Crippen molar-refractivity contribution in [1.82, 2.24) is 9.55 Å². The first-order valence-electron chi connectivity index (χ1n) is 2.98. The van der Waals surface area contributed by atoms with E-state index in [4.69, 9.17) is 16.1 Å². The third kappa shape index (κ3) is 1.34. The normalized spacial score (nSPS) is 13.3. The summed E-state index contributed by atoms with van der Waals surface area (Å²) in [7, 11) is 0. The number of rotatable bonds is 0. The van der Waals surface area contributed by atoms with Crippen LogP contribution in [-0.4, -0.2) is 31.6 Å². The molecular formula is C5H7N5O2. The molecule has 7 heteroatoms. The summed E-state index contributed by atoms with van der Waals surface area (Å²) in [6.45, 7) is 0. The Kier molecular flexibility index (Phi) is 2.26.